The van der Waals surface area contributed by atoms with E-state index in [2.05, 4.69) is 10.2 Å². The highest BCUT2D eigenvalue weighted by molar-refractivity contribution is 14.0. The Labute approximate surface area is 178 Å². The third-order valence-corrected chi connectivity index (χ3v) is 6.51. The summed E-state index contributed by atoms with van der Waals surface area (Å²) in [7, 11) is 0. The standard InChI is InChI=1S/C20H29N3O3.HI/c1-2-15(25-9-1)5-8-21-20(22-14-6-10-24-11-7-14)23-12-16-17(13-23)19-4-3-18(16)26-19;/h1-2,9,14,16-19H,3-8,10-13H2,(H,21,22);1H. The second-order valence-corrected chi connectivity index (χ2v) is 8.09. The molecule has 6 nitrogen and oxygen atoms in total. The van der Waals surface area contributed by atoms with Gasteiger partial charge in [-0.05, 0) is 37.8 Å². The molecule has 4 aliphatic heterocycles. The number of aliphatic imine (C=N–C) groups is 1. The molecule has 0 saturated carbocycles. The maximum Gasteiger partial charge on any atom is 0.194 e. The van der Waals surface area contributed by atoms with Crippen molar-refractivity contribution >= 4 is 29.9 Å². The number of furan rings is 1. The van der Waals surface area contributed by atoms with Crippen LogP contribution in [-0.4, -0.2) is 62.0 Å². The van der Waals surface area contributed by atoms with E-state index in [1.54, 1.807) is 6.26 Å². The van der Waals surface area contributed by atoms with E-state index in [9.17, 15) is 0 Å². The third kappa shape index (κ3) is 4.15. The Balaban J connectivity index is 0.00000180. The second kappa shape index (κ2) is 8.69. The van der Waals surface area contributed by atoms with Crippen molar-refractivity contribution in [1.82, 2.24) is 10.2 Å². The van der Waals surface area contributed by atoms with Crippen LogP contribution >= 0.6 is 24.0 Å². The molecule has 0 aliphatic carbocycles. The minimum absolute atomic E-state index is 0. The van der Waals surface area contributed by atoms with E-state index in [1.165, 1.54) is 12.8 Å². The van der Waals surface area contributed by atoms with Gasteiger partial charge in [0.05, 0.1) is 18.5 Å². The van der Waals surface area contributed by atoms with Crippen molar-refractivity contribution in [2.75, 3.05) is 32.8 Å². The number of hydrogen-bond donors (Lipinski definition) is 1. The van der Waals surface area contributed by atoms with Crippen LogP contribution in [0.1, 0.15) is 31.4 Å². The Bertz CT molecular complexity index is 614. The lowest BCUT2D eigenvalue weighted by atomic mass is 9.82. The molecule has 4 fully saturated rings. The first kappa shape index (κ1) is 19.5. The van der Waals surface area contributed by atoms with Crippen molar-refractivity contribution in [2.45, 2.75) is 50.4 Å². The van der Waals surface area contributed by atoms with E-state index in [0.29, 0.717) is 30.1 Å². The van der Waals surface area contributed by atoms with Crippen LogP contribution in [0.4, 0.5) is 0 Å². The van der Waals surface area contributed by atoms with Gasteiger partial charge in [-0.3, -0.25) is 4.99 Å². The summed E-state index contributed by atoms with van der Waals surface area (Å²) in [6.45, 7) is 4.62. The highest BCUT2D eigenvalue weighted by atomic mass is 127. The number of rotatable bonds is 4. The lowest BCUT2D eigenvalue weighted by Crippen LogP contribution is -2.47. The van der Waals surface area contributed by atoms with Gasteiger partial charge in [0, 0.05) is 57.1 Å². The number of nitrogens with one attached hydrogen (secondary N) is 1. The zero-order chi connectivity index (χ0) is 17.3. The molecular weight excluding hydrogens is 457 g/mol. The van der Waals surface area contributed by atoms with E-state index in [-0.39, 0.29) is 24.0 Å². The quantitative estimate of drug-likeness (QED) is 0.402. The molecule has 2 bridgehead atoms. The predicted octanol–water partition coefficient (Wildman–Crippen LogP) is 2.67. The lowest BCUT2D eigenvalue weighted by Gasteiger charge is -2.30. The predicted molar refractivity (Wildman–Crippen MR) is 114 cm³/mol. The summed E-state index contributed by atoms with van der Waals surface area (Å²) in [5, 5.41) is 3.74. The molecular formula is C20H30IN3O3. The van der Waals surface area contributed by atoms with Gasteiger partial charge in [0.25, 0.3) is 0 Å². The zero-order valence-corrected chi connectivity index (χ0v) is 18.0. The number of guanidine groups is 1. The topological polar surface area (TPSA) is 59.2 Å². The summed E-state index contributed by atoms with van der Waals surface area (Å²) in [5.74, 6) is 3.47. The monoisotopic (exact) mass is 487 g/mol. The Kier molecular flexibility index (Phi) is 6.28. The summed E-state index contributed by atoms with van der Waals surface area (Å²) in [6, 6.07) is 4.44. The van der Waals surface area contributed by atoms with Crippen LogP contribution in [0.3, 0.4) is 0 Å². The molecule has 5 heterocycles. The minimum Gasteiger partial charge on any atom is -0.469 e. The number of fused-ring (bicyclic) bond motifs is 5. The first-order chi connectivity index (χ1) is 12.9. The highest BCUT2D eigenvalue weighted by Crippen LogP contribution is 2.47. The molecule has 1 aromatic rings. The Morgan fingerprint density at radius 3 is 2.52 bits per heavy atom. The molecule has 5 rings (SSSR count). The Morgan fingerprint density at radius 2 is 1.85 bits per heavy atom. The largest absolute Gasteiger partial charge is 0.469 e. The van der Waals surface area contributed by atoms with Gasteiger partial charge in [0.2, 0.25) is 0 Å². The first-order valence-corrected chi connectivity index (χ1v) is 10.2. The van der Waals surface area contributed by atoms with Crippen LogP contribution in [0.25, 0.3) is 0 Å². The molecule has 1 aromatic heterocycles. The molecule has 0 amide bonds. The number of halogens is 1. The molecule has 27 heavy (non-hydrogen) atoms. The van der Waals surface area contributed by atoms with E-state index < -0.39 is 0 Å². The third-order valence-electron chi connectivity index (χ3n) is 6.51. The van der Waals surface area contributed by atoms with Crippen LogP contribution < -0.4 is 5.32 Å². The normalized spacial score (nSPS) is 33.2. The van der Waals surface area contributed by atoms with Gasteiger partial charge < -0.3 is 24.1 Å². The van der Waals surface area contributed by atoms with E-state index in [1.807, 2.05) is 12.1 Å². The Hall–Kier alpha value is -0.800. The van der Waals surface area contributed by atoms with Gasteiger partial charge in [0.1, 0.15) is 5.76 Å². The average Bonchev–Trinajstić information content (AvgIpc) is 3.43. The second-order valence-electron chi connectivity index (χ2n) is 8.09. The molecule has 1 N–H and O–H groups in total. The molecule has 0 spiro atoms. The smallest absolute Gasteiger partial charge is 0.194 e. The van der Waals surface area contributed by atoms with Crippen LogP contribution in [0, 0.1) is 11.8 Å². The molecule has 4 atom stereocenters. The van der Waals surface area contributed by atoms with Gasteiger partial charge in [0.15, 0.2) is 5.96 Å². The van der Waals surface area contributed by atoms with Crippen molar-refractivity contribution in [1.29, 1.82) is 0 Å². The van der Waals surface area contributed by atoms with Gasteiger partial charge in [-0.1, -0.05) is 0 Å². The van der Waals surface area contributed by atoms with Gasteiger partial charge in [-0.2, -0.15) is 0 Å². The maximum atomic E-state index is 6.13. The van der Waals surface area contributed by atoms with E-state index in [0.717, 1.165) is 63.8 Å². The number of nitrogens with zero attached hydrogens (tertiary/aromatic N) is 2. The van der Waals surface area contributed by atoms with E-state index in [4.69, 9.17) is 18.9 Å². The summed E-state index contributed by atoms with van der Waals surface area (Å²) < 4.78 is 17.1. The first-order valence-electron chi connectivity index (χ1n) is 10.2. The molecule has 7 heteroatoms. The van der Waals surface area contributed by atoms with Gasteiger partial charge in [-0.25, -0.2) is 0 Å². The van der Waals surface area contributed by atoms with Crippen LogP contribution in [0.15, 0.2) is 27.8 Å². The molecule has 4 unspecified atom stereocenters. The fourth-order valence-electron chi connectivity index (χ4n) is 5.12. The SMILES string of the molecule is I.c1coc(CCN=C(NC2CCOCC2)N2CC3C4CCC(O4)C3C2)c1. The van der Waals surface area contributed by atoms with Crippen LogP contribution in [0.2, 0.25) is 0 Å². The van der Waals surface area contributed by atoms with Crippen molar-refractivity contribution in [2.24, 2.45) is 16.8 Å². The van der Waals surface area contributed by atoms with Gasteiger partial charge in [-0.15, -0.1) is 24.0 Å². The molecule has 0 radical (unpaired) electrons. The Morgan fingerprint density at radius 1 is 1.11 bits per heavy atom. The fraction of sp³-hybridized carbons (Fsp3) is 0.750. The number of ether oxygens (including phenoxy) is 2. The van der Waals surface area contributed by atoms with Gasteiger partial charge >= 0.3 is 0 Å². The summed E-state index contributed by atoms with van der Waals surface area (Å²) in [6.07, 6.45) is 8.18. The van der Waals surface area contributed by atoms with E-state index >= 15 is 0 Å². The number of hydrogen-bond acceptors (Lipinski definition) is 4. The lowest BCUT2D eigenvalue weighted by molar-refractivity contribution is 0.0748. The fourth-order valence-corrected chi connectivity index (χ4v) is 5.12. The molecule has 150 valence electrons. The highest BCUT2D eigenvalue weighted by Gasteiger charge is 2.53. The maximum absolute atomic E-state index is 6.13. The van der Waals surface area contributed by atoms with Crippen molar-refractivity contribution in [3.63, 3.8) is 0 Å². The van der Waals surface area contributed by atoms with Crippen molar-refractivity contribution in [3.05, 3.63) is 24.2 Å². The minimum atomic E-state index is 0. The van der Waals surface area contributed by atoms with Crippen molar-refractivity contribution < 1.29 is 13.9 Å². The summed E-state index contributed by atoms with van der Waals surface area (Å²) in [4.78, 5) is 7.45. The zero-order valence-electron chi connectivity index (χ0n) is 15.7. The average molecular weight is 487 g/mol. The molecule has 4 aliphatic rings. The summed E-state index contributed by atoms with van der Waals surface area (Å²) in [5.41, 5.74) is 0. The van der Waals surface area contributed by atoms with Crippen molar-refractivity contribution in [3.8, 4) is 0 Å². The van der Waals surface area contributed by atoms with Crippen LogP contribution in [0.5, 0.6) is 0 Å². The molecule has 0 aromatic carbocycles. The molecule has 4 saturated heterocycles. The van der Waals surface area contributed by atoms with Crippen LogP contribution in [-0.2, 0) is 15.9 Å². The number of likely N-dealkylation sites (tertiary alicyclic amines) is 1. The summed E-state index contributed by atoms with van der Waals surface area (Å²) >= 11 is 0.